The number of hydrogen-bond acceptors (Lipinski definition) is 2. The normalized spacial score (nSPS) is 20.0. The molecular formula is C35H54O2. The van der Waals surface area contributed by atoms with E-state index in [4.69, 9.17) is 0 Å². The molecule has 2 aromatic rings. The van der Waals surface area contributed by atoms with Crippen molar-refractivity contribution in [3.05, 3.63) is 57.6 Å². The lowest BCUT2D eigenvalue weighted by Gasteiger charge is -2.49. The number of phenolic OH excluding ortho intramolecular Hbond substituents is 2. The SMILES string of the molecule is CC1CC(C)(C)CC(c2cc(C(C)C)c(O)c(C(C)(C)C)c2)(c2cc(C(C)C)c(O)c(C(C)(C)C)c2)C1. The highest BCUT2D eigenvalue weighted by molar-refractivity contribution is 5.56. The summed E-state index contributed by atoms with van der Waals surface area (Å²) in [7, 11) is 0. The smallest absolute Gasteiger partial charge is 0.122 e. The number of rotatable bonds is 4. The Morgan fingerprint density at radius 3 is 1.38 bits per heavy atom. The first kappa shape index (κ1) is 29.6. The molecule has 0 radical (unpaired) electrons. The first-order valence-electron chi connectivity index (χ1n) is 14.5. The Bertz CT molecular complexity index is 1060. The maximum Gasteiger partial charge on any atom is 0.122 e. The Hall–Kier alpha value is -1.96. The number of phenols is 2. The van der Waals surface area contributed by atoms with E-state index in [1.54, 1.807) is 0 Å². The molecule has 1 aliphatic rings. The highest BCUT2D eigenvalue weighted by Gasteiger charge is 2.46. The van der Waals surface area contributed by atoms with Crippen LogP contribution in [-0.4, -0.2) is 10.2 Å². The molecule has 0 spiro atoms. The molecular weight excluding hydrogens is 452 g/mol. The van der Waals surface area contributed by atoms with E-state index in [1.807, 2.05) is 0 Å². The summed E-state index contributed by atoms with van der Waals surface area (Å²) in [4.78, 5) is 0. The van der Waals surface area contributed by atoms with Crippen molar-refractivity contribution in [3.63, 3.8) is 0 Å². The van der Waals surface area contributed by atoms with Crippen molar-refractivity contribution >= 4 is 0 Å². The molecule has 0 amide bonds. The molecule has 0 saturated heterocycles. The Morgan fingerprint density at radius 2 is 1.08 bits per heavy atom. The summed E-state index contributed by atoms with van der Waals surface area (Å²) in [6.07, 6.45) is 3.31. The van der Waals surface area contributed by atoms with Gasteiger partial charge in [-0.3, -0.25) is 0 Å². The largest absolute Gasteiger partial charge is 0.507 e. The molecule has 2 heteroatoms. The van der Waals surface area contributed by atoms with Crippen molar-refractivity contribution in [3.8, 4) is 11.5 Å². The van der Waals surface area contributed by atoms with Gasteiger partial charge in [-0.1, -0.05) is 114 Å². The molecule has 2 nitrogen and oxygen atoms in total. The van der Waals surface area contributed by atoms with Crippen LogP contribution in [0.25, 0.3) is 0 Å². The summed E-state index contributed by atoms with van der Waals surface area (Å²) in [5.41, 5.74) is 6.41. The third-order valence-corrected chi connectivity index (χ3v) is 8.62. The quantitative estimate of drug-likeness (QED) is 0.433. The third-order valence-electron chi connectivity index (χ3n) is 8.62. The molecule has 0 aliphatic heterocycles. The lowest BCUT2D eigenvalue weighted by Crippen LogP contribution is -2.41. The van der Waals surface area contributed by atoms with Crippen molar-refractivity contribution < 1.29 is 10.2 Å². The fourth-order valence-corrected chi connectivity index (χ4v) is 7.07. The van der Waals surface area contributed by atoms with Gasteiger partial charge in [-0.25, -0.2) is 0 Å². The predicted octanol–water partition coefficient (Wildman–Crippen LogP) is 10.1. The summed E-state index contributed by atoms with van der Waals surface area (Å²) in [5, 5.41) is 22.8. The minimum atomic E-state index is -0.199. The molecule has 0 bridgehead atoms. The van der Waals surface area contributed by atoms with Gasteiger partial charge in [0.05, 0.1) is 0 Å². The Kier molecular flexibility index (Phi) is 7.72. The standard InChI is InChI=1S/C35H54O2/c1-21(2)26-14-24(16-28(30(26)36)32(6,7)8)35(19-23(5)18-34(12,13)20-35)25-15-27(22(3)4)31(37)29(17-25)33(9,10)11/h14-17,21-23,36-37H,18-20H2,1-13H3. The van der Waals surface area contributed by atoms with E-state index in [1.165, 1.54) is 17.5 Å². The highest BCUT2D eigenvalue weighted by atomic mass is 16.3. The topological polar surface area (TPSA) is 40.5 Å². The molecule has 1 aliphatic carbocycles. The number of aromatic hydroxyl groups is 2. The van der Waals surface area contributed by atoms with Crippen LogP contribution >= 0.6 is 0 Å². The van der Waals surface area contributed by atoms with Crippen LogP contribution in [0, 0.1) is 11.3 Å². The van der Waals surface area contributed by atoms with Crippen LogP contribution < -0.4 is 0 Å². The van der Waals surface area contributed by atoms with E-state index in [0.717, 1.165) is 35.1 Å². The van der Waals surface area contributed by atoms with Crippen LogP contribution in [0.2, 0.25) is 0 Å². The molecule has 1 saturated carbocycles. The molecule has 37 heavy (non-hydrogen) atoms. The molecule has 206 valence electrons. The van der Waals surface area contributed by atoms with Gasteiger partial charge >= 0.3 is 0 Å². The summed E-state index contributed by atoms with van der Waals surface area (Å²) >= 11 is 0. The fourth-order valence-electron chi connectivity index (χ4n) is 7.07. The third kappa shape index (κ3) is 5.74. The van der Waals surface area contributed by atoms with Crippen molar-refractivity contribution in [2.75, 3.05) is 0 Å². The molecule has 2 aromatic carbocycles. The minimum Gasteiger partial charge on any atom is -0.507 e. The van der Waals surface area contributed by atoms with Gasteiger partial charge in [0.2, 0.25) is 0 Å². The Balaban J connectivity index is 2.51. The van der Waals surface area contributed by atoms with Crippen molar-refractivity contribution in [2.45, 2.75) is 137 Å². The average molecular weight is 507 g/mol. The van der Waals surface area contributed by atoms with E-state index in [9.17, 15) is 10.2 Å². The van der Waals surface area contributed by atoms with E-state index in [-0.39, 0.29) is 33.5 Å². The number of benzene rings is 2. The van der Waals surface area contributed by atoms with Gasteiger partial charge in [0.1, 0.15) is 11.5 Å². The summed E-state index contributed by atoms with van der Waals surface area (Å²) < 4.78 is 0. The Morgan fingerprint density at radius 1 is 0.703 bits per heavy atom. The van der Waals surface area contributed by atoms with Gasteiger partial charge in [0.15, 0.2) is 0 Å². The molecule has 3 rings (SSSR count). The fraction of sp³-hybridized carbons (Fsp3) is 0.657. The average Bonchev–Trinajstić information content (AvgIpc) is 2.70. The zero-order chi connectivity index (χ0) is 28.3. The highest BCUT2D eigenvalue weighted by Crippen LogP contribution is 2.56. The monoisotopic (exact) mass is 506 g/mol. The second kappa shape index (κ2) is 9.65. The predicted molar refractivity (Wildman–Crippen MR) is 159 cm³/mol. The van der Waals surface area contributed by atoms with Gasteiger partial charge in [0.25, 0.3) is 0 Å². The van der Waals surface area contributed by atoms with Gasteiger partial charge in [-0.2, -0.15) is 0 Å². The molecule has 1 unspecified atom stereocenters. The van der Waals surface area contributed by atoms with Crippen molar-refractivity contribution in [2.24, 2.45) is 11.3 Å². The van der Waals surface area contributed by atoms with Crippen LogP contribution in [0.15, 0.2) is 24.3 Å². The van der Waals surface area contributed by atoms with Crippen LogP contribution in [0.4, 0.5) is 0 Å². The first-order valence-corrected chi connectivity index (χ1v) is 14.5. The molecule has 0 aromatic heterocycles. The van der Waals surface area contributed by atoms with Gasteiger partial charge < -0.3 is 10.2 Å². The lowest BCUT2D eigenvalue weighted by molar-refractivity contribution is 0.126. The van der Waals surface area contributed by atoms with E-state index >= 15 is 0 Å². The van der Waals surface area contributed by atoms with Gasteiger partial charge in [-0.15, -0.1) is 0 Å². The van der Waals surface area contributed by atoms with Crippen molar-refractivity contribution in [1.82, 2.24) is 0 Å². The maximum absolute atomic E-state index is 11.4. The molecule has 0 heterocycles. The second-order valence-electron chi connectivity index (χ2n) is 15.7. The van der Waals surface area contributed by atoms with Crippen LogP contribution in [0.5, 0.6) is 11.5 Å². The minimum absolute atomic E-state index is 0.171. The van der Waals surface area contributed by atoms with Crippen molar-refractivity contribution in [1.29, 1.82) is 0 Å². The molecule has 1 fully saturated rings. The zero-order valence-electron chi connectivity index (χ0n) is 26.1. The second-order valence-corrected chi connectivity index (χ2v) is 15.7. The van der Waals surface area contributed by atoms with Crippen LogP contribution in [0.1, 0.15) is 154 Å². The van der Waals surface area contributed by atoms with Gasteiger partial charge in [-0.05, 0) is 86.6 Å². The first-order chi connectivity index (χ1) is 16.7. The number of hydrogen-bond donors (Lipinski definition) is 2. The molecule has 1 atom stereocenters. The molecule has 2 N–H and O–H groups in total. The van der Waals surface area contributed by atoms with Crippen LogP contribution in [-0.2, 0) is 16.2 Å². The zero-order valence-corrected chi connectivity index (χ0v) is 26.1. The van der Waals surface area contributed by atoms with E-state index < -0.39 is 0 Å². The van der Waals surface area contributed by atoms with Gasteiger partial charge in [0, 0.05) is 5.41 Å². The lowest BCUT2D eigenvalue weighted by atomic mass is 9.54. The summed E-state index contributed by atoms with van der Waals surface area (Å²) in [5.74, 6) is 1.92. The summed E-state index contributed by atoms with van der Waals surface area (Å²) in [6, 6.07) is 9.24. The maximum atomic E-state index is 11.4. The Labute approximate surface area is 227 Å². The van der Waals surface area contributed by atoms with Crippen LogP contribution in [0.3, 0.4) is 0 Å². The van der Waals surface area contributed by atoms with E-state index in [0.29, 0.717) is 17.4 Å². The van der Waals surface area contributed by atoms with E-state index in [2.05, 4.69) is 114 Å². The summed E-state index contributed by atoms with van der Waals surface area (Å²) in [6.45, 7) is 29.2.